The Morgan fingerprint density at radius 2 is 2.06 bits per heavy atom. The molecule has 1 heterocycles. The third kappa shape index (κ3) is 3.25. The first-order valence-corrected chi connectivity index (χ1v) is 5.69. The summed E-state index contributed by atoms with van der Waals surface area (Å²) in [5.41, 5.74) is 2.08. The smallest absolute Gasteiger partial charge is 0.121 e. The molecule has 2 heteroatoms. The third-order valence-corrected chi connectivity index (χ3v) is 2.65. The Labute approximate surface area is 102 Å². The highest BCUT2D eigenvalue weighted by molar-refractivity contribution is 5.49. The van der Waals surface area contributed by atoms with Crippen molar-refractivity contribution in [3.63, 3.8) is 0 Å². The van der Waals surface area contributed by atoms with Crippen molar-refractivity contribution in [3.05, 3.63) is 65.1 Å². The Kier molecular flexibility index (Phi) is 3.66. The molecule has 1 aromatic carbocycles. The Balaban J connectivity index is 1.99. The van der Waals surface area contributed by atoms with Crippen molar-refractivity contribution in [1.29, 1.82) is 0 Å². The van der Waals surface area contributed by atoms with E-state index in [-0.39, 0.29) is 0 Å². The normalized spacial score (nSPS) is 15.9. The standard InChI is InChI=1S/C15H16O2/c1-12-10-15(16)14(11-17-12)9-5-8-13-6-3-2-4-7-13/h2-8,10,16H,9,11H2,1H3. The summed E-state index contributed by atoms with van der Waals surface area (Å²) in [6.07, 6.45) is 6.46. The average molecular weight is 228 g/mol. The molecular formula is C15H16O2. The summed E-state index contributed by atoms with van der Waals surface area (Å²) in [5.74, 6) is 1.10. The summed E-state index contributed by atoms with van der Waals surface area (Å²) in [5, 5.41) is 9.73. The highest BCUT2D eigenvalue weighted by Gasteiger charge is 2.09. The molecule has 0 aromatic heterocycles. The van der Waals surface area contributed by atoms with E-state index >= 15 is 0 Å². The summed E-state index contributed by atoms with van der Waals surface area (Å²) in [6.45, 7) is 2.32. The first-order valence-electron chi connectivity index (χ1n) is 5.69. The summed E-state index contributed by atoms with van der Waals surface area (Å²) in [6, 6.07) is 10.1. The first-order chi connectivity index (χ1) is 8.25. The fourth-order valence-corrected chi connectivity index (χ4v) is 1.68. The van der Waals surface area contributed by atoms with Gasteiger partial charge in [-0.1, -0.05) is 42.5 Å². The average Bonchev–Trinajstić information content (AvgIpc) is 2.33. The summed E-state index contributed by atoms with van der Waals surface area (Å²) in [4.78, 5) is 0. The molecule has 0 spiro atoms. The fraction of sp³-hybridized carbons (Fsp3) is 0.200. The Hall–Kier alpha value is -1.96. The van der Waals surface area contributed by atoms with Gasteiger partial charge in [-0.15, -0.1) is 0 Å². The molecule has 0 unspecified atom stereocenters. The van der Waals surface area contributed by atoms with Gasteiger partial charge in [0.1, 0.15) is 12.4 Å². The van der Waals surface area contributed by atoms with Crippen molar-refractivity contribution in [2.75, 3.05) is 6.61 Å². The molecule has 1 N–H and O–H groups in total. The fourth-order valence-electron chi connectivity index (χ4n) is 1.68. The van der Waals surface area contributed by atoms with Gasteiger partial charge in [-0.05, 0) is 18.9 Å². The zero-order valence-electron chi connectivity index (χ0n) is 9.89. The van der Waals surface area contributed by atoms with Crippen molar-refractivity contribution in [2.45, 2.75) is 13.3 Å². The molecular weight excluding hydrogens is 212 g/mol. The topological polar surface area (TPSA) is 29.5 Å². The second kappa shape index (κ2) is 5.39. The largest absolute Gasteiger partial charge is 0.508 e. The molecule has 1 aliphatic heterocycles. The lowest BCUT2D eigenvalue weighted by molar-refractivity contribution is 0.221. The van der Waals surface area contributed by atoms with Gasteiger partial charge in [0, 0.05) is 11.6 Å². The Morgan fingerprint density at radius 1 is 1.29 bits per heavy atom. The van der Waals surface area contributed by atoms with Crippen molar-refractivity contribution in [1.82, 2.24) is 0 Å². The van der Waals surface area contributed by atoms with Crippen LogP contribution in [0.5, 0.6) is 0 Å². The van der Waals surface area contributed by atoms with Gasteiger partial charge < -0.3 is 9.84 Å². The molecule has 0 amide bonds. The van der Waals surface area contributed by atoms with Gasteiger partial charge in [0.25, 0.3) is 0 Å². The number of allylic oxidation sites excluding steroid dienone is 3. The molecule has 2 nitrogen and oxygen atoms in total. The van der Waals surface area contributed by atoms with Crippen LogP contribution in [0.3, 0.4) is 0 Å². The van der Waals surface area contributed by atoms with E-state index in [1.54, 1.807) is 6.08 Å². The number of benzene rings is 1. The number of hydrogen-bond acceptors (Lipinski definition) is 2. The maximum atomic E-state index is 9.73. The van der Waals surface area contributed by atoms with E-state index in [0.29, 0.717) is 18.8 Å². The van der Waals surface area contributed by atoms with Crippen LogP contribution in [0.25, 0.3) is 6.08 Å². The minimum atomic E-state index is 0.339. The van der Waals surface area contributed by atoms with Crippen molar-refractivity contribution < 1.29 is 9.84 Å². The van der Waals surface area contributed by atoms with E-state index in [4.69, 9.17) is 4.74 Å². The lowest BCUT2D eigenvalue weighted by Gasteiger charge is -2.15. The van der Waals surface area contributed by atoms with Gasteiger partial charge in [0.15, 0.2) is 0 Å². The van der Waals surface area contributed by atoms with Crippen LogP contribution in [0.2, 0.25) is 0 Å². The predicted octanol–water partition coefficient (Wildman–Crippen LogP) is 3.84. The molecule has 17 heavy (non-hydrogen) atoms. The highest BCUT2D eigenvalue weighted by atomic mass is 16.5. The number of ether oxygens (including phenoxy) is 1. The summed E-state index contributed by atoms with van der Waals surface area (Å²) in [7, 11) is 0. The van der Waals surface area contributed by atoms with E-state index in [9.17, 15) is 5.11 Å². The highest BCUT2D eigenvalue weighted by Crippen LogP contribution is 2.18. The van der Waals surface area contributed by atoms with Crippen LogP contribution in [-0.4, -0.2) is 11.7 Å². The zero-order valence-corrected chi connectivity index (χ0v) is 9.89. The summed E-state index contributed by atoms with van der Waals surface area (Å²) < 4.78 is 5.37. The lowest BCUT2D eigenvalue weighted by Crippen LogP contribution is -2.05. The van der Waals surface area contributed by atoms with Gasteiger partial charge >= 0.3 is 0 Å². The van der Waals surface area contributed by atoms with Crippen LogP contribution in [0.15, 0.2) is 59.6 Å². The maximum absolute atomic E-state index is 9.73. The monoisotopic (exact) mass is 228 g/mol. The van der Waals surface area contributed by atoms with Crippen LogP contribution >= 0.6 is 0 Å². The molecule has 1 aromatic rings. The molecule has 0 saturated heterocycles. The van der Waals surface area contributed by atoms with Crippen molar-refractivity contribution in [3.8, 4) is 0 Å². The number of hydrogen-bond donors (Lipinski definition) is 1. The molecule has 0 radical (unpaired) electrons. The van der Waals surface area contributed by atoms with E-state index in [1.807, 2.05) is 49.4 Å². The van der Waals surface area contributed by atoms with Crippen LogP contribution in [0.4, 0.5) is 0 Å². The van der Waals surface area contributed by atoms with Crippen LogP contribution in [0.1, 0.15) is 18.9 Å². The quantitative estimate of drug-likeness (QED) is 0.851. The summed E-state index contributed by atoms with van der Waals surface area (Å²) >= 11 is 0. The minimum absolute atomic E-state index is 0.339. The van der Waals surface area contributed by atoms with E-state index in [0.717, 1.165) is 16.9 Å². The van der Waals surface area contributed by atoms with E-state index in [2.05, 4.69) is 0 Å². The van der Waals surface area contributed by atoms with Gasteiger partial charge in [-0.3, -0.25) is 0 Å². The van der Waals surface area contributed by atoms with Gasteiger partial charge in [0.05, 0.1) is 5.76 Å². The Morgan fingerprint density at radius 3 is 2.76 bits per heavy atom. The van der Waals surface area contributed by atoms with Crippen LogP contribution in [0, 0.1) is 0 Å². The van der Waals surface area contributed by atoms with Crippen molar-refractivity contribution in [2.24, 2.45) is 0 Å². The number of aliphatic hydroxyl groups excluding tert-OH is 1. The van der Waals surface area contributed by atoms with Crippen molar-refractivity contribution >= 4 is 6.08 Å². The third-order valence-electron chi connectivity index (χ3n) is 2.65. The second-order valence-electron chi connectivity index (χ2n) is 4.05. The van der Waals surface area contributed by atoms with E-state index < -0.39 is 0 Å². The van der Waals surface area contributed by atoms with Gasteiger partial charge in [0.2, 0.25) is 0 Å². The van der Waals surface area contributed by atoms with E-state index in [1.165, 1.54) is 0 Å². The molecule has 0 atom stereocenters. The number of aliphatic hydroxyl groups is 1. The molecule has 1 aliphatic rings. The molecule has 0 fully saturated rings. The molecule has 88 valence electrons. The lowest BCUT2D eigenvalue weighted by atomic mass is 10.1. The second-order valence-corrected chi connectivity index (χ2v) is 4.05. The van der Waals surface area contributed by atoms with Crippen LogP contribution < -0.4 is 0 Å². The maximum Gasteiger partial charge on any atom is 0.121 e. The van der Waals surface area contributed by atoms with Crippen LogP contribution in [-0.2, 0) is 4.74 Å². The number of rotatable bonds is 3. The predicted molar refractivity (Wildman–Crippen MR) is 69.5 cm³/mol. The SMILES string of the molecule is CC1=CC(O)=C(CC=Cc2ccccc2)CO1. The Bertz CT molecular complexity index is 467. The zero-order chi connectivity index (χ0) is 12.1. The first kappa shape index (κ1) is 11.5. The molecule has 2 rings (SSSR count). The molecule has 0 saturated carbocycles. The van der Waals surface area contributed by atoms with Gasteiger partial charge in [-0.2, -0.15) is 0 Å². The van der Waals surface area contributed by atoms with Gasteiger partial charge in [-0.25, -0.2) is 0 Å². The molecule has 0 aliphatic carbocycles. The molecule has 0 bridgehead atoms. The minimum Gasteiger partial charge on any atom is -0.508 e.